The number of nitrogens with zero attached hydrogens (tertiary/aromatic N) is 2. The molecule has 1 aliphatic heterocycles. The van der Waals surface area contributed by atoms with Crippen LogP contribution in [0.25, 0.3) is 0 Å². The van der Waals surface area contributed by atoms with Crippen LogP contribution in [0.3, 0.4) is 0 Å². The molecule has 0 radical (unpaired) electrons. The molecule has 6 nitrogen and oxygen atoms in total. The molecular weight excluding hydrogens is 330 g/mol. The molecule has 1 heterocycles. The lowest BCUT2D eigenvalue weighted by Crippen LogP contribution is -2.49. The van der Waals surface area contributed by atoms with E-state index in [0.29, 0.717) is 32.7 Å². The average Bonchev–Trinajstić information content (AvgIpc) is 2.56. The summed E-state index contributed by atoms with van der Waals surface area (Å²) in [7, 11) is 0. The van der Waals surface area contributed by atoms with Crippen molar-refractivity contribution in [2.24, 2.45) is 0 Å². The largest absolute Gasteiger partial charge is 0.450 e. The Hall–Kier alpha value is -1.79. The topological polar surface area (TPSA) is 61.9 Å². The van der Waals surface area contributed by atoms with Crippen LogP contribution in [0.4, 0.5) is 10.5 Å². The molecule has 0 unspecified atom stereocenters. The summed E-state index contributed by atoms with van der Waals surface area (Å²) in [6.07, 6.45) is 0.206. The van der Waals surface area contributed by atoms with Gasteiger partial charge in [-0.15, -0.1) is 12.4 Å². The van der Waals surface area contributed by atoms with E-state index in [1.54, 1.807) is 11.8 Å². The van der Waals surface area contributed by atoms with Crippen LogP contribution in [0.5, 0.6) is 0 Å². The Bertz CT molecular complexity index is 528. The van der Waals surface area contributed by atoms with E-state index in [4.69, 9.17) is 4.74 Å². The van der Waals surface area contributed by atoms with Gasteiger partial charge in [0.2, 0.25) is 5.91 Å². The smallest absolute Gasteiger partial charge is 0.409 e. The van der Waals surface area contributed by atoms with Crippen molar-refractivity contribution in [3.05, 3.63) is 29.8 Å². The first-order chi connectivity index (χ1) is 11.1. The zero-order chi connectivity index (χ0) is 16.7. The third kappa shape index (κ3) is 6.37. The zero-order valence-electron chi connectivity index (χ0n) is 14.3. The number of anilines is 1. The fraction of sp³-hybridized carbons (Fsp3) is 0.529. The van der Waals surface area contributed by atoms with Gasteiger partial charge in [0, 0.05) is 44.8 Å². The van der Waals surface area contributed by atoms with Gasteiger partial charge in [0.15, 0.2) is 0 Å². The molecule has 24 heavy (non-hydrogen) atoms. The van der Waals surface area contributed by atoms with Crippen molar-refractivity contribution in [3.63, 3.8) is 0 Å². The Labute approximate surface area is 149 Å². The van der Waals surface area contributed by atoms with E-state index < -0.39 is 0 Å². The number of ether oxygens (including phenoxy) is 1. The summed E-state index contributed by atoms with van der Waals surface area (Å²) < 4.78 is 4.99. The molecule has 0 atom stereocenters. The van der Waals surface area contributed by atoms with Gasteiger partial charge in [0.1, 0.15) is 0 Å². The zero-order valence-corrected chi connectivity index (χ0v) is 15.1. The Morgan fingerprint density at radius 2 is 1.75 bits per heavy atom. The van der Waals surface area contributed by atoms with Crippen LogP contribution >= 0.6 is 12.4 Å². The molecule has 1 fully saturated rings. The summed E-state index contributed by atoms with van der Waals surface area (Å²) in [6, 6.07) is 7.77. The van der Waals surface area contributed by atoms with Crippen molar-refractivity contribution in [1.82, 2.24) is 9.80 Å². The number of hydrogen-bond donors (Lipinski definition) is 1. The summed E-state index contributed by atoms with van der Waals surface area (Å²) in [5.41, 5.74) is 2.00. The molecule has 1 N–H and O–H groups in total. The van der Waals surface area contributed by atoms with Crippen LogP contribution in [-0.4, -0.2) is 61.1 Å². The molecule has 1 aliphatic rings. The lowest BCUT2D eigenvalue weighted by atomic mass is 10.2. The lowest BCUT2D eigenvalue weighted by Gasteiger charge is -2.33. The third-order valence-corrected chi connectivity index (χ3v) is 3.89. The van der Waals surface area contributed by atoms with E-state index in [0.717, 1.165) is 18.8 Å². The highest BCUT2D eigenvalue weighted by Crippen LogP contribution is 2.09. The first kappa shape index (κ1) is 20.3. The molecule has 0 bridgehead atoms. The number of aryl methyl sites for hydroxylation is 1. The summed E-state index contributed by atoms with van der Waals surface area (Å²) in [4.78, 5) is 27.5. The van der Waals surface area contributed by atoms with Gasteiger partial charge in [-0.3, -0.25) is 9.69 Å². The van der Waals surface area contributed by atoms with Crippen molar-refractivity contribution in [1.29, 1.82) is 0 Å². The number of piperazine rings is 1. The van der Waals surface area contributed by atoms with Gasteiger partial charge in [0.25, 0.3) is 0 Å². The summed E-state index contributed by atoms with van der Waals surface area (Å²) in [6.45, 7) is 7.78. The summed E-state index contributed by atoms with van der Waals surface area (Å²) >= 11 is 0. The highest BCUT2D eigenvalue weighted by Gasteiger charge is 2.21. The predicted octanol–water partition coefficient (Wildman–Crippen LogP) is 2.52. The number of rotatable bonds is 5. The molecule has 0 saturated carbocycles. The van der Waals surface area contributed by atoms with Gasteiger partial charge in [-0.1, -0.05) is 17.7 Å². The second kappa shape index (κ2) is 10.2. The van der Waals surface area contributed by atoms with Gasteiger partial charge in [-0.25, -0.2) is 4.79 Å². The van der Waals surface area contributed by atoms with Crippen molar-refractivity contribution >= 4 is 30.1 Å². The standard InChI is InChI=1S/C17H25N3O3.ClH/c1-3-23-17(22)20-12-10-19(11-13-20)9-8-16(21)18-15-6-4-14(2)5-7-15;/h4-7H,3,8-13H2,1-2H3,(H,18,21);1H. The first-order valence-electron chi connectivity index (χ1n) is 8.09. The average molecular weight is 356 g/mol. The van der Waals surface area contributed by atoms with Crippen molar-refractivity contribution in [2.75, 3.05) is 44.6 Å². The van der Waals surface area contributed by atoms with Crippen LogP contribution in [-0.2, 0) is 9.53 Å². The SMILES string of the molecule is CCOC(=O)N1CCN(CCC(=O)Nc2ccc(C)cc2)CC1.Cl. The minimum atomic E-state index is -0.246. The monoisotopic (exact) mass is 355 g/mol. The number of nitrogens with one attached hydrogen (secondary N) is 1. The molecule has 0 aliphatic carbocycles. The third-order valence-electron chi connectivity index (χ3n) is 3.89. The molecular formula is C17H26ClN3O3. The highest BCUT2D eigenvalue weighted by molar-refractivity contribution is 5.90. The quantitative estimate of drug-likeness (QED) is 0.881. The van der Waals surface area contributed by atoms with Gasteiger partial charge in [-0.05, 0) is 26.0 Å². The first-order valence-corrected chi connectivity index (χ1v) is 8.09. The van der Waals surface area contributed by atoms with Crippen LogP contribution in [0.1, 0.15) is 18.9 Å². The van der Waals surface area contributed by atoms with Crippen LogP contribution in [0.2, 0.25) is 0 Å². The van der Waals surface area contributed by atoms with Crippen LogP contribution in [0, 0.1) is 6.92 Å². The van der Waals surface area contributed by atoms with E-state index in [9.17, 15) is 9.59 Å². The molecule has 2 amide bonds. The van der Waals surface area contributed by atoms with Crippen molar-refractivity contribution in [3.8, 4) is 0 Å². The number of benzene rings is 1. The maximum absolute atomic E-state index is 12.0. The lowest BCUT2D eigenvalue weighted by molar-refractivity contribution is -0.116. The van der Waals surface area contributed by atoms with Crippen LogP contribution < -0.4 is 5.32 Å². The van der Waals surface area contributed by atoms with E-state index in [1.807, 2.05) is 31.2 Å². The predicted molar refractivity (Wildman–Crippen MR) is 96.7 cm³/mol. The van der Waals surface area contributed by atoms with E-state index in [1.165, 1.54) is 5.56 Å². The highest BCUT2D eigenvalue weighted by atomic mass is 35.5. The normalized spacial score (nSPS) is 14.7. The summed E-state index contributed by atoms with van der Waals surface area (Å²) in [5.74, 6) is 0.0154. The number of halogens is 1. The maximum atomic E-state index is 12.0. The maximum Gasteiger partial charge on any atom is 0.409 e. The fourth-order valence-corrected chi connectivity index (χ4v) is 2.49. The van der Waals surface area contributed by atoms with E-state index in [-0.39, 0.29) is 24.4 Å². The molecule has 7 heteroatoms. The van der Waals surface area contributed by atoms with E-state index >= 15 is 0 Å². The number of hydrogen-bond acceptors (Lipinski definition) is 4. The fourth-order valence-electron chi connectivity index (χ4n) is 2.49. The van der Waals surface area contributed by atoms with Crippen molar-refractivity contribution < 1.29 is 14.3 Å². The Morgan fingerprint density at radius 3 is 2.33 bits per heavy atom. The molecule has 2 rings (SSSR count). The van der Waals surface area contributed by atoms with Gasteiger partial charge >= 0.3 is 6.09 Å². The molecule has 0 spiro atoms. The Morgan fingerprint density at radius 1 is 1.12 bits per heavy atom. The molecule has 134 valence electrons. The Balaban J connectivity index is 0.00000288. The van der Waals surface area contributed by atoms with Gasteiger partial charge in [0.05, 0.1) is 6.61 Å². The molecule has 1 saturated heterocycles. The minimum Gasteiger partial charge on any atom is -0.450 e. The minimum absolute atomic E-state index is 0. The van der Waals surface area contributed by atoms with E-state index in [2.05, 4.69) is 10.2 Å². The molecule has 0 aromatic heterocycles. The number of carbonyl (C=O) groups is 2. The van der Waals surface area contributed by atoms with Crippen molar-refractivity contribution in [2.45, 2.75) is 20.3 Å². The van der Waals surface area contributed by atoms with Gasteiger partial charge in [-0.2, -0.15) is 0 Å². The number of amides is 2. The molecule has 1 aromatic carbocycles. The second-order valence-electron chi connectivity index (χ2n) is 5.69. The van der Waals surface area contributed by atoms with Crippen LogP contribution in [0.15, 0.2) is 24.3 Å². The number of carbonyl (C=O) groups excluding carboxylic acids is 2. The summed E-state index contributed by atoms with van der Waals surface area (Å²) in [5, 5.41) is 2.90. The van der Waals surface area contributed by atoms with Gasteiger partial charge < -0.3 is 15.0 Å². The Kier molecular flexibility index (Phi) is 8.57. The molecule has 1 aromatic rings. The second-order valence-corrected chi connectivity index (χ2v) is 5.69.